The number of aliphatic carboxylic acids is 1. The Hall–Kier alpha value is -1.99. The zero-order valence-electron chi connectivity index (χ0n) is 10.8. The number of para-hydroxylation sites is 1. The normalized spacial score (nSPS) is 17.7. The van der Waals surface area contributed by atoms with Gasteiger partial charge in [-0.3, -0.25) is 10.1 Å². The van der Waals surface area contributed by atoms with Crippen molar-refractivity contribution in [3.63, 3.8) is 0 Å². The number of carboxylic acids is 1. The summed E-state index contributed by atoms with van der Waals surface area (Å²) in [5.74, 6) is 1.64. The molecular weight excluding hydrogens is 240 g/mol. The average molecular weight is 258 g/mol. The van der Waals surface area contributed by atoms with E-state index < -0.39 is 11.5 Å². The topological polar surface area (TPSA) is 52.6 Å². The van der Waals surface area contributed by atoms with Crippen molar-refractivity contribution < 1.29 is 9.90 Å². The number of rotatable bonds is 4. The lowest BCUT2D eigenvalue weighted by molar-refractivity contribution is -0.145. The van der Waals surface area contributed by atoms with E-state index in [2.05, 4.69) is 16.1 Å². The minimum Gasteiger partial charge on any atom is -0.480 e. The molecule has 19 heavy (non-hydrogen) atoms. The number of nitrogens with one attached hydrogen (secondary N) is 1. The quantitative estimate of drug-likeness (QED) is 0.800. The third kappa shape index (κ3) is 2.88. The molecule has 0 saturated carbocycles. The van der Waals surface area contributed by atoms with Gasteiger partial charge in [0.25, 0.3) is 0 Å². The molecule has 0 spiro atoms. The van der Waals surface area contributed by atoms with Gasteiger partial charge in [-0.15, -0.1) is 6.42 Å². The highest BCUT2D eigenvalue weighted by atomic mass is 16.4. The summed E-state index contributed by atoms with van der Waals surface area (Å²) in [5.41, 5.74) is 0.260. The molecule has 2 N–H and O–H groups in total. The van der Waals surface area contributed by atoms with Crippen molar-refractivity contribution in [1.82, 2.24) is 5.32 Å². The van der Waals surface area contributed by atoms with Crippen LogP contribution in [0.25, 0.3) is 0 Å². The number of hydrogen-bond donors (Lipinski definition) is 2. The highest BCUT2D eigenvalue weighted by Gasteiger charge is 2.40. The van der Waals surface area contributed by atoms with Gasteiger partial charge in [0.15, 0.2) is 0 Å². The Labute approximate surface area is 113 Å². The summed E-state index contributed by atoms with van der Waals surface area (Å²) in [4.78, 5) is 13.7. The minimum absolute atomic E-state index is 0.289. The van der Waals surface area contributed by atoms with E-state index in [-0.39, 0.29) is 6.54 Å². The SMILES string of the molecule is C#CCNC1(C(=O)O)CCN(c2ccccc2)CC1. The zero-order valence-corrected chi connectivity index (χ0v) is 10.8. The molecule has 1 aliphatic heterocycles. The Morgan fingerprint density at radius 2 is 2.00 bits per heavy atom. The summed E-state index contributed by atoms with van der Waals surface area (Å²) in [7, 11) is 0. The number of piperidine rings is 1. The largest absolute Gasteiger partial charge is 0.480 e. The van der Waals surface area contributed by atoms with Crippen molar-refractivity contribution >= 4 is 11.7 Å². The third-order valence-electron chi connectivity index (χ3n) is 3.68. The van der Waals surface area contributed by atoms with E-state index in [4.69, 9.17) is 6.42 Å². The first-order valence-electron chi connectivity index (χ1n) is 6.40. The van der Waals surface area contributed by atoms with Crippen LogP contribution in [0.1, 0.15) is 12.8 Å². The van der Waals surface area contributed by atoms with Crippen LogP contribution in [0.15, 0.2) is 30.3 Å². The van der Waals surface area contributed by atoms with Gasteiger partial charge in [-0.2, -0.15) is 0 Å². The monoisotopic (exact) mass is 258 g/mol. The summed E-state index contributed by atoms with van der Waals surface area (Å²) in [5, 5.41) is 12.4. The standard InChI is InChI=1S/C15H18N2O2/c1-2-10-16-15(14(18)19)8-11-17(12-9-15)13-6-4-3-5-7-13/h1,3-7,16H,8-12H2,(H,18,19). The van der Waals surface area contributed by atoms with Crippen LogP contribution in [-0.2, 0) is 4.79 Å². The second kappa shape index (κ2) is 5.77. The van der Waals surface area contributed by atoms with Gasteiger partial charge in [-0.05, 0) is 25.0 Å². The van der Waals surface area contributed by atoms with Crippen LogP contribution < -0.4 is 10.2 Å². The van der Waals surface area contributed by atoms with Crippen molar-refractivity contribution in [3.8, 4) is 12.3 Å². The van der Waals surface area contributed by atoms with Crippen LogP contribution in [0.4, 0.5) is 5.69 Å². The molecule has 0 unspecified atom stereocenters. The molecule has 1 fully saturated rings. The number of carboxylic acid groups (broad SMARTS) is 1. The smallest absolute Gasteiger partial charge is 0.324 e. The molecule has 1 saturated heterocycles. The lowest BCUT2D eigenvalue weighted by Gasteiger charge is -2.40. The molecule has 100 valence electrons. The van der Waals surface area contributed by atoms with Gasteiger partial charge < -0.3 is 10.0 Å². The van der Waals surface area contributed by atoms with Crippen molar-refractivity contribution in [1.29, 1.82) is 0 Å². The van der Waals surface area contributed by atoms with E-state index in [9.17, 15) is 9.90 Å². The van der Waals surface area contributed by atoms with Gasteiger partial charge in [-0.25, -0.2) is 0 Å². The molecule has 0 atom stereocenters. The maximum atomic E-state index is 11.5. The Morgan fingerprint density at radius 3 is 2.53 bits per heavy atom. The molecule has 1 aromatic carbocycles. The summed E-state index contributed by atoms with van der Waals surface area (Å²) >= 11 is 0. The number of nitrogens with zero attached hydrogens (tertiary/aromatic N) is 1. The van der Waals surface area contributed by atoms with Crippen molar-refractivity contribution in [3.05, 3.63) is 30.3 Å². The van der Waals surface area contributed by atoms with E-state index >= 15 is 0 Å². The number of carbonyl (C=O) groups is 1. The predicted molar refractivity (Wildman–Crippen MR) is 75.1 cm³/mol. The first kappa shape index (κ1) is 13.4. The predicted octanol–water partition coefficient (Wildman–Crippen LogP) is 1.33. The first-order chi connectivity index (χ1) is 9.18. The highest BCUT2D eigenvalue weighted by molar-refractivity contribution is 5.79. The summed E-state index contributed by atoms with van der Waals surface area (Å²) in [6.07, 6.45) is 6.32. The molecule has 0 bridgehead atoms. The Kier molecular flexibility index (Phi) is 4.08. The van der Waals surface area contributed by atoms with Gasteiger partial charge in [0, 0.05) is 18.8 Å². The van der Waals surface area contributed by atoms with Crippen LogP contribution in [0.3, 0.4) is 0 Å². The van der Waals surface area contributed by atoms with Gasteiger partial charge in [0.1, 0.15) is 5.54 Å². The molecule has 0 aliphatic carbocycles. The van der Waals surface area contributed by atoms with E-state index in [1.165, 1.54) is 0 Å². The number of anilines is 1. The summed E-state index contributed by atoms with van der Waals surface area (Å²) in [6, 6.07) is 10.0. The average Bonchev–Trinajstić information content (AvgIpc) is 2.46. The van der Waals surface area contributed by atoms with Crippen molar-refractivity contribution in [2.24, 2.45) is 0 Å². The molecule has 0 radical (unpaired) electrons. The van der Waals surface area contributed by atoms with E-state index in [0.717, 1.165) is 5.69 Å². The van der Waals surface area contributed by atoms with Crippen LogP contribution in [0.2, 0.25) is 0 Å². The van der Waals surface area contributed by atoms with Gasteiger partial charge in [0.05, 0.1) is 6.54 Å². The Balaban J connectivity index is 2.04. The summed E-state index contributed by atoms with van der Waals surface area (Å²) in [6.45, 7) is 1.72. The lowest BCUT2D eigenvalue weighted by atomic mass is 9.87. The van der Waals surface area contributed by atoms with Crippen LogP contribution >= 0.6 is 0 Å². The second-order valence-corrected chi connectivity index (χ2v) is 4.77. The molecule has 2 rings (SSSR count). The fourth-order valence-electron chi connectivity index (χ4n) is 2.47. The minimum atomic E-state index is -0.877. The van der Waals surface area contributed by atoms with Gasteiger partial charge in [0.2, 0.25) is 0 Å². The third-order valence-corrected chi connectivity index (χ3v) is 3.68. The van der Waals surface area contributed by atoms with Gasteiger partial charge in [-0.1, -0.05) is 24.1 Å². The van der Waals surface area contributed by atoms with Crippen LogP contribution in [0.5, 0.6) is 0 Å². The number of terminal acetylenes is 1. The molecule has 1 aliphatic rings. The maximum absolute atomic E-state index is 11.5. The molecule has 4 nitrogen and oxygen atoms in total. The van der Waals surface area contributed by atoms with E-state index in [1.54, 1.807) is 0 Å². The zero-order chi connectivity index (χ0) is 13.7. The number of benzene rings is 1. The van der Waals surface area contributed by atoms with E-state index in [0.29, 0.717) is 25.9 Å². The fourth-order valence-corrected chi connectivity index (χ4v) is 2.47. The Bertz CT molecular complexity index is 471. The summed E-state index contributed by atoms with van der Waals surface area (Å²) < 4.78 is 0. The van der Waals surface area contributed by atoms with Crippen molar-refractivity contribution in [2.75, 3.05) is 24.5 Å². The lowest BCUT2D eigenvalue weighted by Crippen LogP contribution is -2.58. The molecule has 1 aromatic rings. The highest BCUT2D eigenvalue weighted by Crippen LogP contribution is 2.26. The second-order valence-electron chi connectivity index (χ2n) is 4.77. The number of hydrogen-bond acceptors (Lipinski definition) is 3. The molecular formula is C15H18N2O2. The Morgan fingerprint density at radius 1 is 1.37 bits per heavy atom. The first-order valence-corrected chi connectivity index (χ1v) is 6.40. The maximum Gasteiger partial charge on any atom is 0.324 e. The molecule has 0 amide bonds. The van der Waals surface area contributed by atoms with Crippen LogP contribution in [0, 0.1) is 12.3 Å². The molecule has 0 aromatic heterocycles. The van der Waals surface area contributed by atoms with Gasteiger partial charge >= 0.3 is 5.97 Å². The fraction of sp³-hybridized carbons (Fsp3) is 0.400. The van der Waals surface area contributed by atoms with Crippen LogP contribution in [-0.4, -0.2) is 36.2 Å². The van der Waals surface area contributed by atoms with Crippen molar-refractivity contribution in [2.45, 2.75) is 18.4 Å². The molecule has 4 heteroatoms. The van der Waals surface area contributed by atoms with E-state index in [1.807, 2.05) is 30.3 Å². The molecule has 1 heterocycles.